The van der Waals surface area contributed by atoms with Crippen molar-refractivity contribution in [3.63, 3.8) is 0 Å². The lowest BCUT2D eigenvalue weighted by Crippen LogP contribution is -2.47. The van der Waals surface area contributed by atoms with Crippen LogP contribution < -0.4 is 5.32 Å². The first kappa shape index (κ1) is 13.9. The summed E-state index contributed by atoms with van der Waals surface area (Å²) in [6, 6.07) is 2.29. The van der Waals surface area contributed by atoms with Crippen molar-refractivity contribution in [1.82, 2.24) is 10.2 Å². The molecular formula is C12H21N3O2. The Morgan fingerprint density at radius 3 is 2.82 bits per heavy atom. The number of carbonyl (C=O) groups excluding carboxylic acids is 1. The number of nitriles is 1. The van der Waals surface area contributed by atoms with Gasteiger partial charge in [-0.15, -0.1) is 0 Å². The molecule has 0 bridgehead atoms. The fourth-order valence-electron chi connectivity index (χ4n) is 2.09. The number of ether oxygens (including phenoxy) is 1. The summed E-state index contributed by atoms with van der Waals surface area (Å²) in [5, 5.41) is 11.7. The second-order valence-corrected chi connectivity index (χ2v) is 4.57. The number of nitrogens with one attached hydrogen (secondary N) is 1. The van der Waals surface area contributed by atoms with Gasteiger partial charge in [-0.1, -0.05) is 0 Å². The quantitative estimate of drug-likeness (QED) is 0.753. The molecule has 1 aliphatic heterocycles. The highest BCUT2D eigenvalue weighted by Gasteiger charge is 2.36. The van der Waals surface area contributed by atoms with Gasteiger partial charge in [0.15, 0.2) is 0 Å². The zero-order valence-corrected chi connectivity index (χ0v) is 10.8. The van der Waals surface area contributed by atoms with Gasteiger partial charge in [0.1, 0.15) is 0 Å². The van der Waals surface area contributed by atoms with Crippen molar-refractivity contribution in [3.8, 4) is 6.07 Å². The Bertz CT molecular complexity index is 299. The highest BCUT2D eigenvalue weighted by molar-refractivity contribution is 5.80. The molecule has 0 aromatic rings. The molecule has 1 N–H and O–H groups in total. The average molecular weight is 239 g/mol. The summed E-state index contributed by atoms with van der Waals surface area (Å²) >= 11 is 0. The van der Waals surface area contributed by atoms with Gasteiger partial charge in [0.05, 0.1) is 31.6 Å². The SMILES string of the molecule is CNC1COCC1C(=O)N(CCC#N)C(C)C. The Balaban J connectivity index is 2.67. The lowest BCUT2D eigenvalue weighted by Gasteiger charge is -2.30. The van der Waals surface area contributed by atoms with Gasteiger partial charge in [-0.3, -0.25) is 4.79 Å². The smallest absolute Gasteiger partial charge is 0.229 e. The van der Waals surface area contributed by atoms with E-state index in [-0.39, 0.29) is 23.9 Å². The second kappa shape index (κ2) is 6.58. The van der Waals surface area contributed by atoms with Crippen LogP contribution in [-0.2, 0) is 9.53 Å². The van der Waals surface area contributed by atoms with Gasteiger partial charge in [0, 0.05) is 18.6 Å². The van der Waals surface area contributed by atoms with Crippen molar-refractivity contribution in [1.29, 1.82) is 5.26 Å². The molecule has 1 fully saturated rings. The molecule has 5 heteroatoms. The summed E-state index contributed by atoms with van der Waals surface area (Å²) in [5.41, 5.74) is 0. The molecule has 5 nitrogen and oxygen atoms in total. The van der Waals surface area contributed by atoms with E-state index in [0.717, 1.165) is 0 Å². The van der Waals surface area contributed by atoms with Crippen LogP contribution in [0.25, 0.3) is 0 Å². The molecule has 0 radical (unpaired) electrons. The van der Waals surface area contributed by atoms with Crippen molar-refractivity contribution in [3.05, 3.63) is 0 Å². The molecule has 0 saturated carbocycles. The molecule has 1 rings (SSSR count). The number of carbonyl (C=O) groups is 1. The van der Waals surface area contributed by atoms with E-state index >= 15 is 0 Å². The predicted molar refractivity (Wildman–Crippen MR) is 64.2 cm³/mol. The fraction of sp³-hybridized carbons (Fsp3) is 0.833. The highest BCUT2D eigenvalue weighted by atomic mass is 16.5. The minimum Gasteiger partial charge on any atom is -0.379 e. The maximum Gasteiger partial charge on any atom is 0.229 e. The Hall–Kier alpha value is -1.12. The van der Waals surface area contributed by atoms with Crippen molar-refractivity contribution < 1.29 is 9.53 Å². The Morgan fingerprint density at radius 2 is 2.29 bits per heavy atom. The molecule has 0 spiro atoms. The van der Waals surface area contributed by atoms with Gasteiger partial charge in [-0.2, -0.15) is 5.26 Å². The highest BCUT2D eigenvalue weighted by Crippen LogP contribution is 2.18. The molecule has 96 valence electrons. The van der Waals surface area contributed by atoms with Gasteiger partial charge in [0.2, 0.25) is 5.91 Å². The minimum atomic E-state index is -0.124. The van der Waals surface area contributed by atoms with Gasteiger partial charge in [-0.25, -0.2) is 0 Å². The molecule has 1 heterocycles. The number of nitrogens with zero attached hydrogens (tertiary/aromatic N) is 2. The van der Waals surface area contributed by atoms with Crippen molar-refractivity contribution >= 4 is 5.91 Å². The van der Waals surface area contributed by atoms with E-state index < -0.39 is 0 Å². The maximum atomic E-state index is 12.4. The van der Waals surface area contributed by atoms with E-state index in [4.69, 9.17) is 10.00 Å². The topological polar surface area (TPSA) is 65.4 Å². The second-order valence-electron chi connectivity index (χ2n) is 4.57. The molecule has 0 aromatic carbocycles. The van der Waals surface area contributed by atoms with Gasteiger partial charge >= 0.3 is 0 Å². The van der Waals surface area contributed by atoms with E-state index in [2.05, 4.69) is 11.4 Å². The van der Waals surface area contributed by atoms with Crippen LogP contribution in [0.5, 0.6) is 0 Å². The van der Waals surface area contributed by atoms with E-state index in [9.17, 15) is 4.79 Å². The van der Waals surface area contributed by atoms with Crippen LogP contribution in [0.2, 0.25) is 0 Å². The molecule has 17 heavy (non-hydrogen) atoms. The average Bonchev–Trinajstić information content (AvgIpc) is 2.76. The van der Waals surface area contributed by atoms with E-state index in [1.165, 1.54) is 0 Å². The van der Waals surface area contributed by atoms with E-state index in [0.29, 0.717) is 26.2 Å². The van der Waals surface area contributed by atoms with Crippen LogP contribution in [0.15, 0.2) is 0 Å². The van der Waals surface area contributed by atoms with Crippen LogP contribution in [0.4, 0.5) is 0 Å². The van der Waals surface area contributed by atoms with Crippen molar-refractivity contribution in [2.45, 2.75) is 32.4 Å². The van der Waals surface area contributed by atoms with Gasteiger partial charge < -0.3 is 15.0 Å². The van der Waals surface area contributed by atoms with Crippen molar-refractivity contribution in [2.24, 2.45) is 5.92 Å². The van der Waals surface area contributed by atoms with Gasteiger partial charge in [0.25, 0.3) is 0 Å². The first-order chi connectivity index (χ1) is 8.11. The summed E-state index contributed by atoms with van der Waals surface area (Å²) in [6.07, 6.45) is 0.377. The summed E-state index contributed by atoms with van der Waals surface area (Å²) in [7, 11) is 1.84. The largest absolute Gasteiger partial charge is 0.379 e. The molecule has 0 aliphatic carbocycles. The van der Waals surface area contributed by atoms with E-state index in [1.54, 1.807) is 4.90 Å². The molecule has 1 aliphatic rings. The summed E-state index contributed by atoms with van der Waals surface area (Å²) in [6.45, 7) is 5.50. The van der Waals surface area contributed by atoms with Crippen molar-refractivity contribution in [2.75, 3.05) is 26.8 Å². The zero-order chi connectivity index (χ0) is 12.8. The summed E-state index contributed by atoms with van der Waals surface area (Å²) in [5.74, 6) is -0.0341. The fourth-order valence-corrected chi connectivity index (χ4v) is 2.09. The minimum absolute atomic E-state index is 0.0887. The standard InChI is InChI=1S/C12H21N3O2/c1-9(2)15(6-4-5-13)12(16)10-7-17-8-11(10)14-3/h9-11,14H,4,6-8H2,1-3H3. The monoisotopic (exact) mass is 239 g/mol. The predicted octanol–water partition coefficient (Wildman–Crippen LogP) is 0.371. The number of likely N-dealkylation sites (N-methyl/N-ethyl adjacent to an activating group) is 1. The number of rotatable bonds is 5. The van der Waals surface area contributed by atoms with Crippen LogP contribution in [0.3, 0.4) is 0 Å². The normalized spacial score (nSPS) is 23.7. The Kier molecular flexibility index (Phi) is 5.39. The third-order valence-electron chi connectivity index (χ3n) is 3.14. The first-order valence-corrected chi connectivity index (χ1v) is 6.04. The lowest BCUT2D eigenvalue weighted by molar-refractivity contribution is -0.137. The van der Waals surface area contributed by atoms with Crippen LogP contribution in [-0.4, -0.2) is 49.7 Å². The third-order valence-corrected chi connectivity index (χ3v) is 3.14. The number of hydrogen-bond donors (Lipinski definition) is 1. The first-order valence-electron chi connectivity index (χ1n) is 6.04. The number of amides is 1. The molecule has 2 unspecified atom stereocenters. The molecule has 2 atom stereocenters. The molecule has 0 aromatic heterocycles. The molecule has 1 amide bonds. The maximum absolute atomic E-state index is 12.4. The van der Waals surface area contributed by atoms with Gasteiger partial charge in [-0.05, 0) is 20.9 Å². The zero-order valence-electron chi connectivity index (χ0n) is 10.8. The Labute approximate surface area is 103 Å². The Morgan fingerprint density at radius 1 is 1.59 bits per heavy atom. The molecular weight excluding hydrogens is 218 g/mol. The third kappa shape index (κ3) is 3.42. The van der Waals surface area contributed by atoms with E-state index in [1.807, 2.05) is 20.9 Å². The van der Waals surface area contributed by atoms with Crippen LogP contribution in [0, 0.1) is 17.2 Å². The number of hydrogen-bond acceptors (Lipinski definition) is 4. The summed E-state index contributed by atoms with van der Waals surface area (Å²) < 4.78 is 5.34. The molecule has 1 saturated heterocycles. The lowest BCUT2D eigenvalue weighted by atomic mass is 10.0. The summed E-state index contributed by atoms with van der Waals surface area (Å²) in [4.78, 5) is 14.1. The van der Waals surface area contributed by atoms with Crippen LogP contribution >= 0.6 is 0 Å². The van der Waals surface area contributed by atoms with Crippen LogP contribution in [0.1, 0.15) is 20.3 Å².